The summed E-state index contributed by atoms with van der Waals surface area (Å²) in [6, 6.07) is 9.78. The van der Waals surface area contributed by atoms with Gasteiger partial charge in [0.1, 0.15) is 0 Å². The summed E-state index contributed by atoms with van der Waals surface area (Å²) < 4.78 is 54.4. The van der Waals surface area contributed by atoms with Crippen LogP contribution in [0.15, 0.2) is 51.8 Å². The minimum Gasteiger partial charge on any atom is -0.336 e. The Morgan fingerprint density at radius 1 is 1.00 bits per heavy atom. The fraction of sp³-hybridized carbons (Fsp3) is 0.235. The van der Waals surface area contributed by atoms with Gasteiger partial charge in [-0.2, -0.15) is 4.31 Å². The average Bonchev–Trinajstić information content (AvgIpc) is 2.63. The highest BCUT2D eigenvalue weighted by Crippen LogP contribution is 2.22. The van der Waals surface area contributed by atoms with Crippen LogP contribution in [0.3, 0.4) is 0 Å². The van der Waals surface area contributed by atoms with Crippen molar-refractivity contribution < 1.29 is 22.0 Å². The van der Waals surface area contributed by atoms with Crippen molar-refractivity contribution in [2.24, 2.45) is 0 Å². The standard InChI is InChI=1S/C17H15BrF2N2O3S/c18-12-3-1-4-13(11-12)26(24,25)22-9-7-21(8-10-22)17(23)14-5-2-6-15(19)16(14)20/h1-6,11H,7-10H2. The van der Waals surface area contributed by atoms with Gasteiger partial charge < -0.3 is 4.90 Å². The number of nitrogens with zero attached hydrogens (tertiary/aromatic N) is 2. The second kappa shape index (κ2) is 7.42. The molecule has 0 radical (unpaired) electrons. The highest BCUT2D eigenvalue weighted by molar-refractivity contribution is 9.10. The van der Waals surface area contributed by atoms with Gasteiger partial charge in [0.15, 0.2) is 11.6 Å². The maximum absolute atomic E-state index is 13.8. The van der Waals surface area contributed by atoms with Gasteiger partial charge in [0, 0.05) is 30.7 Å². The monoisotopic (exact) mass is 444 g/mol. The Balaban J connectivity index is 1.73. The molecule has 0 N–H and O–H groups in total. The first-order valence-electron chi connectivity index (χ1n) is 7.80. The summed E-state index contributed by atoms with van der Waals surface area (Å²) in [6.45, 7) is 0.360. The first kappa shape index (κ1) is 18.9. The van der Waals surface area contributed by atoms with E-state index in [4.69, 9.17) is 0 Å². The molecule has 1 aliphatic heterocycles. The maximum atomic E-state index is 13.8. The molecule has 0 aliphatic carbocycles. The molecular weight excluding hydrogens is 430 g/mol. The Morgan fingerprint density at radius 2 is 1.65 bits per heavy atom. The van der Waals surface area contributed by atoms with Crippen LogP contribution in [0.25, 0.3) is 0 Å². The van der Waals surface area contributed by atoms with Crippen molar-refractivity contribution in [2.75, 3.05) is 26.2 Å². The van der Waals surface area contributed by atoms with Gasteiger partial charge >= 0.3 is 0 Å². The number of carbonyl (C=O) groups is 1. The quantitative estimate of drug-likeness (QED) is 0.731. The van der Waals surface area contributed by atoms with Crippen molar-refractivity contribution >= 4 is 31.9 Å². The number of halogens is 3. The lowest BCUT2D eigenvalue weighted by Gasteiger charge is -2.34. The summed E-state index contributed by atoms with van der Waals surface area (Å²) in [5.41, 5.74) is -0.353. The zero-order valence-corrected chi connectivity index (χ0v) is 15.9. The number of amides is 1. The van der Waals surface area contributed by atoms with Gasteiger partial charge in [0.05, 0.1) is 10.5 Å². The molecule has 9 heteroatoms. The zero-order valence-electron chi connectivity index (χ0n) is 13.5. The number of carbonyl (C=O) groups excluding carboxylic acids is 1. The summed E-state index contributed by atoms with van der Waals surface area (Å²) in [5.74, 6) is -2.94. The van der Waals surface area contributed by atoms with Crippen molar-refractivity contribution in [3.8, 4) is 0 Å². The number of benzene rings is 2. The Bertz CT molecular complexity index is 945. The van der Waals surface area contributed by atoms with Gasteiger partial charge in [-0.15, -0.1) is 0 Å². The molecule has 0 bridgehead atoms. The molecule has 0 aromatic heterocycles. The van der Waals surface area contributed by atoms with E-state index in [0.717, 1.165) is 6.07 Å². The van der Waals surface area contributed by atoms with Gasteiger partial charge in [0.25, 0.3) is 5.91 Å². The third-order valence-corrected chi connectivity index (χ3v) is 6.53. The SMILES string of the molecule is O=C(c1cccc(F)c1F)N1CCN(S(=O)(=O)c2cccc(Br)c2)CC1. The van der Waals surface area contributed by atoms with E-state index >= 15 is 0 Å². The first-order valence-corrected chi connectivity index (χ1v) is 10.0. The van der Waals surface area contributed by atoms with Crippen LogP contribution >= 0.6 is 15.9 Å². The number of hydrogen-bond acceptors (Lipinski definition) is 3. The molecule has 138 valence electrons. The smallest absolute Gasteiger partial charge is 0.257 e. The Hall–Kier alpha value is -1.84. The summed E-state index contributed by atoms with van der Waals surface area (Å²) >= 11 is 3.24. The second-order valence-electron chi connectivity index (χ2n) is 5.76. The lowest BCUT2D eigenvalue weighted by atomic mass is 10.1. The van der Waals surface area contributed by atoms with Crippen LogP contribution in [0.4, 0.5) is 8.78 Å². The second-order valence-corrected chi connectivity index (χ2v) is 8.61. The Labute approximate surface area is 158 Å². The molecule has 3 rings (SSSR count). The minimum absolute atomic E-state index is 0.0809. The predicted molar refractivity (Wildman–Crippen MR) is 95.2 cm³/mol. The van der Waals surface area contributed by atoms with E-state index in [1.54, 1.807) is 12.1 Å². The van der Waals surface area contributed by atoms with Crippen LogP contribution in [0.2, 0.25) is 0 Å². The highest BCUT2D eigenvalue weighted by atomic mass is 79.9. The van der Waals surface area contributed by atoms with Crippen LogP contribution in [0.1, 0.15) is 10.4 Å². The molecule has 0 spiro atoms. The van der Waals surface area contributed by atoms with Crippen molar-refractivity contribution in [1.82, 2.24) is 9.21 Å². The van der Waals surface area contributed by atoms with Crippen molar-refractivity contribution in [3.63, 3.8) is 0 Å². The third-order valence-electron chi connectivity index (χ3n) is 4.14. The predicted octanol–water partition coefficient (Wildman–Crippen LogP) is 2.87. The molecule has 0 atom stereocenters. The van der Waals surface area contributed by atoms with E-state index in [0.29, 0.717) is 4.47 Å². The summed E-state index contributed by atoms with van der Waals surface area (Å²) in [6.07, 6.45) is 0. The molecule has 0 saturated carbocycles. The van der Waals surface area contributed by atoms with Gasteiger partial charge in [-0.1, -0.05) is 28.1 Å². The molecule has 1 aliphatic rings. The lowest BCUT2D eigenvalue weighted by Crippen LogP contribution is -2.50. The molecule has 0 unspecified atom stereocenters. The lowest BCUT2D eigenvalue weighted by molar-refractivity contribution is 0.0692. The van der Waals surface area contributed by atoms with E-state index < -0.39 is 27.6 Å². The normalized spacial score (nSPS) is 15.9. The largest absolute Gasteiger partial charge is 0.336 e. The van der Waals surface area contributed by atoms with Crippen LogP contribution < -0.4 is 0 Å². The van der Waals surface area contributed by atoms with E-state index in [1.807, 2.05) is 0 Å². The summed E-state index contributed by atoms with van der Waals surface area (Å²) in [5, 5.41) is 0. The number of rotatable bonds is 3. The van der Waals surface area contributed by atoms with Crippen LogP contribution in [-0.2, 0) is 10.0 Å². The fourth-order valence-corrected chi connectivity index (χ4v) is 4.77. The molecule has 1 heterocycles. The molecule has 1 fully saturated rings. The summed E-state index contributed by atoms with van der Waals surface area (Å²) in [4.78, 5) is 13.9. The molecule has 5 nitrogen and oxygen atoms in total. The van der Waals surface area contributed by atoms with Crippen LogP contribution in [-0.4, -0.2) is 49.7 Å². The molecule has 1 saturated heterocycles. The Kier molecular flexibility index (Phi) is 5.40. The number of sulfonamides is 1. The minimum atomic E-state index is -3.68. The average molecular weight is 445 g/mol. The Morgan fingerprint density at radius 3 is 2.31 bits per heavy atom. The molecule has 1 amide bonds. The molecular formula is C17H15BrF2N2O3S. The van der Waals surface area contributed by atoms with Crippen LogP contribution in [0, 0.1) is 11.6 Å². The van der Waals surface area contributed by atoms with Crippen molar-refractivity contribution in [2.45, 2.75) is 4.90 Å². The number of piperazine rings is 1. The van der Waals surface area contributed by atoms with E-state index in [2.05, 4.69) is 15.9 Å². The van der Waals surface area contributed by atoms with E-state index in [9.17, 15) is 22.0 Å². The number of hydrogen-bond donors (Lipinski definition) is 0. The first-order chi connectivity index (χ1) is 12.3. The van der Waals surface area contributed by atoms with Crippen molar-refractivity contribution in [1.29, 1.82) is 0 Å². The third kappa shape index (κ3) is 3.65. The molecule has 2 aromatic carbocycles. The van der Waals surface area contributed by atoms with Crippen molar-refractivity contribution in [3.05, 3.63) is 64.1 Å². The fourth-order valence-electron chi connectivity index (χ4n) is 2.75. The van der Waals surface area contributed by atoms with Gasteiger partial charge in [0.2, 0.25) is 10.0 Å². The van der Waals surface area contributed by atoms with E-state index in [1.165, 1.54) is 33.5 Å². The topological polar surface area (TPSA) is 57.7 Å². The van der Waals surface area contributed by atoms with Crippen LogP contribution in [0.5, 0.6) is 0 Å². The van der Waals surface area contributed by atoms with Gasteiger partial charge in [-0.3, -0.25) is 4.79 Å². The van der Waals surface area contributed by atoms with Gasteiger partial charge in [-0.05, 0) is 30.3 Å². The summed E-state index contributed by atoms with van der Waals surface area (Å²) in [7, 11) is -3.68. The molecule has 26 heavy (non-hydrogen) atoms. The maximum Gasteiger partial charge on any atom is 0.257 e. The van der Waals surface area contributed by atoms with E-state index in [-0.39, 0.29) is 36.6 Å². The zero-order chi connectivity index (χ0) is 18.9. The molecule has 2 aromatic rings. The van der Waals surface area contributed by atoms with Gasteiger partial charge in [-0.25, -0.2) is 17.2 Å². The highest BCUT2D eigenvalue weighted by Gasteiger charge is 2.31.